The van der Waals surface area contributed by atoms with Gasteiger partial charge in [-0.2, -0.15) is 0 Å². The van der Waals surface area contributed by atoms with Gasteiger partial charge in [0.15, 0.2) is 11.4 Å². The maximum absolute atomic E-state index is 13.3. The molecule has 33 heavy (non-hydrogen) atoms. The number of nitrogens with zero attached hydrogens (tertiary/aromatic N) is 3. The summed E-state index contributed by atoms with van der Waals surface area (Å²) >= 11 is 0. The number of esters is 1. The summed E-state index contributed by atoms with van der Waals surface area (Å²) in [7, 11) is 1.51. The number of anilines is 2. The van der Waals surface area contributed by atoms with Gasteiger partial charge in [-0.3, -0.25) is 19.0 Å². The first-order valence-corrected chi connectivity index (χ1v) is 10.5. The number of pyridine rings is 2. The van der Waals surface area contributed by atoms with Crippen LogP contribution in [0, 0.1) is 5.92 Å². The van der Waals surface area contributed by atoms with Crippen LogP contribution in [0.15, 0.2) is 59.7 Å². The molecule has 1 unspecified atom stereocenters. The Morgan fingerprint density at radius 3 is 2.79 bits per heavy atom. The van der Waals surface area contributed by atoms with Crippen molar-refractivity contribution in [1.29, 1.82) is 0 Å². The van der Waals surface area contributed by atoms with Gasteiger partial charge in [0, 0.05) is 23.5 Å². The van der Waals surface area contributed by atoms with Gasteiger partial charge >= 0.3 is 5.97 Å². The number of benzene rings is 1. The summed E-state index contributed by atoms with van der Waals surface area (Å²) in [6.45, 7) is 3.38. The molecular weight excluding hydrogens is 422 g/mol. The van der Waals surface area contributed by atoms with Crippen LogP contribution in [0.1, 0.15) is 19.4 Å². The summed E-state index contributed by atoms with van der Waals surface area (Å²) in [6.07, 6.45) is 3.31. The lowest BCUT2D eigenvalue weighted by molar-refractivity contribution is -0.147. The lowest BCUT2D eigenvalue weighted by Crippen LogP contribution is -2.37. The molecule has 1 aromatic carbocycles. The molecule has 0 aliphatic carbocycles. The van der Waals surface area contributed by atoms with E-state index < -0.39 is 12.0 Å². The normalized spacial score (nSPS) is 12.2. The number of ether oxygens (including phenoxy) is 2. The van der Waals surface area contributed by atoms with E-state index >= 15 is 0 Å². The molecule has 0 saturated heterocycles. The van der Waals surface area contributed by atoms with E-state index in [9.17, 15) is 9.59 Å². The Balaban J connectivity index is 1.78. The number of aromatic nitrogens is 3. The summed E-state index contributed by atoms with van der Waals surface area (Å²) in [5.74, 6) is 0.0219. The molecule has 4 aromatic rings. The minimum atomic E-state index is -0.786. The molecule has 1 atom stereocenters. The molecule has 9 heteroatoms. The number of nitrogens with two attached hydrogens (primary N) is 1. The van der Waals surface area contributed by atoms with Crippen LogP contribution in [0.4, 0.5) is 11.5 Å². The van der Waals surface area contributed by atoms with Gasteiger partial charge in [0.2, 0.25) is 0 Å². The molecule has 3 heterocycles. The first kappa shape index (κ1) is 22.2. The standard InChI is InChI=1S/C24H25N5O4/c1-14(2)20(25)24(31)33-13-17-21(27-16-8-9-18-15(12-16)6-4-10-26-18)28-22-19(32-3)7-5-11-29(22)23(17)30/h4-12,14,20,27H,13,25H2,1-3H3. The average Bonchev–Trinajstić information content (AvgIpc) is 2.82. The fourth-order valence-corrected chi connectivity index (χ4v) is 3.37. The minimum Gasteiger partial charge on any atom is -0.493 e. The van der Waals surface area contributed by atoms with Crippen LogP contribution in [0.3, 0.4) is 0 Å². The van der Waals surface area contributed by atoms with Crippen LogP contribution >= 0.6 is 0 Å². The van der Waals surface area contributed by atoms with E-state index in [1.807, 2.05) is 44.2 Å². The zero-order valence-electron chi connectivity index (χ0n) is 18.6. The summed E-state index contributed by atoms with van der Waals surface area (Å²) in [5.41, 5.74) is 7.58. The first-order valence-electron chi connectivity index (χ1n) is 10.5. The van der Waals surface area contributed by atoms with Crippen LogP contribution in [-0.4, -0.2) is 33.5 Å². The van der Waals surface area contributed by atoms with Crippen LogP contribution in [0.5, 0.6) is 5.75 Å². The van der Waals surface area contributed by atoms with Gasteiger partial charge in [-0.15, -0.1) is 0 Å². The van der Waals surface area contributed by atoms with Gasteiger partial charge in [0.25, 0.3) is 5.56 Å². The molecule has 0 radical (unpaired) electrons. The van der Waals surface area contributed by atoms with Crippen molar-refractivity contribution >= 4 is 34.0 Å². The smallest absolute Gasteiger partial charge is 0.323 e. The summed E-state index contributed by atoms with van der Waals surface area (Å²) in [4.78, 5) is 34.6. The number of rotatable bonds is 7. The Morgan fingerprint density at radius 1 is 1.21 bits per heavy atom. The Hall–Kier alpha value is -3.98. The fourth-order valence-electron chi connectivity index (χ4n) is 3.37. The highest BCUT2D eigenvalue weighted by Crippen LogP contribution is 2.24. The lowest BCUT2D eigenvalue weighted by Gasteiger charge is -2.17. The molecule has 0 spiro atoms. The molecule has 9 nitrogen and oxygen atoms in total. The number of fused-ring (bicyclic) bond motifs is 2. The van der Waals surface area contributed by atoms with Crippen molar-refractivity contribution in [2.75, 3.05) is 12.4 Å². The largest absolute Gasteiger partial charge is 0.493 e. The van der Waals surface area contributed by atoms with Crippen molar-refractivity contribution in [2.45, 2.75) is 26.5 Å². The van der Waals surface area contributed by atoms with Gasteiger partial charge in [-0.05, 0) is 42.3 Å². The van der Waals surface area contributed by atoms with E-state index in [4.69, 9.17) is 15.2 Å². The second kappa shape index (κ2) is 9.25. The van der Waals surface area contributed by atoms with Crippen LogP contribution in [-0.2, 0) is 16.1 Å². The third-order valence-corrected chi connectivity index (χ3v) is 5.35. The molecular formula is C24H25N5O4. The highest BCUT2D eigenvalue weighted by molar-refractivity contribution is 5.83. The highest BCUT2D eigenvalue weighted by Gasteiger charge is 2.22. The van der Waals surface area contributed by atoms with Crippen LogP contribution < -0.4 is 21.3 Å². The Kier molecular flexibility index (Phi) is 6.23. The van der Waals surface area contributed by atoms with E-state index in [0.717, 1.165) is 10.9 Å². The maximum atomic E-state index is 13.3. The van der Waals surface area contributed by atoms with Crippen molar-refractivity contribution in [3.8, 4) is 5.75 Å². The highest BCUT2D eigenvalue weighted by atomic mass is 16.5. The minimum absolute atomic E-state index is 0.0959. The predicted molar refractivity (Wildman–Crippen MR) is 126 cm³/mol. The van der Waals surface area contributed by atoms with Crippen molar-refractivity contribution < 1.29 is 14.3 Å². The molecule has 3 N–H and O–H groups in total. The molecule has 0 fully saturated rings. The van der Waals surface area contributed by atoms with Crippen LogP contribution in [0.2, 0.25) is 0 Å². The van der Waals surface area contributed by atoms with E-state index in [-0.39, 0.29) is 29.5 Å². The molecule has 3 aromatic heterocycles. The zero-order valence-corrected chi connectivity index (χ0v) is 18.6. The first-order chi connectivity index (χ1) is 15.9. The van der Waals surface area contributed by atoms with Gasteiger partial charge in [-0.1, -0.05) is 19.9 Å². The second-order valence-corrected chi connectivity index (χ2v) is 7.93. The Labute approximate surface area is 190 Å². The number of methoxy groups -OCH3 is 1. The van der Waals surface area contributed by atoms with E-state index in [1.165, 1.54) is 11.5 Å². The molecule has 0 aliphatic heterocycles. The zero-order chi connectivity index (χ0) is 23.5. The number of hydrogen-bond acceptors (Lipinski definition) is 8. The van der Waals surface area contributed by atoms with Crippen LogP contribution in [0.25, 0.3) is 16.6 Å². The maximum Gasteiger partial charge on any atom is 0.323 e. The average molecular weight is 447 g/mol. The number of carbonyl (C=O) groups is 1. The van der Waals surface area contributed by atoms with Crippen molar-refractivity contribution in [3.63, 3.8) is 0 Å². The topological polar surface area (TPSA) is 121 Å². The predicted octanol–water partition coefficient (Wildman–Crippen LogP) is 3.02. The second-order valence-electron chi connectivity index (χ2n) is 7.93. The SMILES string of the molecule is COc1cccn2c(=O)c(COC(=O)C(N)C(C)C)c(Nc3ccc4ncccc4c3)nc12. The van der Waals surface area contributed by atoms with Crippen molar-refractivity contribution in [3.05, 3.63) is 70.8 Å². The summed E-state index contributed by atoms with van der Waals surface area (Å²) in [5, 5.41) is 4.12. The van der Waals surface area contributed by atoms with Gasteiger partial charge in [0.05, 0.1) is 18.2 Å². The molecule has 170 valence electrons. The number of nitrogens with one attached hydrogen (secondary N) is 1. The lowest BCUT2D eigenvalue weighted by atomic mass is 10.1. The molecule has 0 saturated carbocycles. The molecule has 0 bridgehead atoms. The fraction of sp³-hybridized carbons (Fsp3) is 0.250. The van der Waals surface area contributed by atoms with E-state index in [0.29, 0.717) is 17.1 Å². The third-order valence-electron chi connectivity index (χ3n) is 5.35. The monoisotopic (exact) mass is 447 g/mol. The van der Waals surface area contributed by atoms with Gasteiger partial charge in [0.1, 0.15) is 18.5 Å². The van der Waals surface area contributed by atoms with Gasteiger partial charge in [-0.25, -0.2) is 4.98 Å². The number of hydrogen-bond donors (Lipinski definition) is 2. The third kappa shape index (κ3) is 4.49. The quantitative estimate of drug-likeness (QED) is 0.415. The molecule has 0 amide bonds. The molecule has 4 rings (SSSR count). The Morgan fingerprint density at radius 2 is 2.03 bits per heavy atom. The summed E-state index contributed by atoms with van der Waals surface area (Å²) in [6, 6.07) is 12.0. The Bertz CT molecular complexity index is 1380. The van der Waals surface area contributed by atoms with Gasteiger partial charge < -0.3 is 20.5 Å². The van der Waals surface area contributed by atoms with Crippen molar-refractivity contribution in [1.82, 2.24) is 14.4 Å². The van der Waals surface area contributed by atoms with E-state index in [2.05, 4.69) is 15.3 Å². The van der Waals surface area contributed by atoms with Crippen molar-refractivity contribution in [2.24, 2.45) is 11.7 Å². The van der Waals surface area contributed by atoms with E-state index in [1.54, 1.807) is 24.5 Å². The number of carbonyl (C=O) groups excluding carboxylic acids is 1. The summed E-state index contributed by atoms with van der Waals surface area (Å²) < 4.78 is 12.1. The molecule has 0 aliphatic rings.